The van der Waals surface area contributed by atoms with Crippen molar-refractivity contribution in [1.82, 2.24) is 19.3 Å². The topological polar surface area (TPSA) is 106 Å². The van der Waals surface area contributed by atoms with Gasteiger partial charge in [0, 0.05) is 34.8 Å². The highest BCUT2D eigenvalue weighted by Crippen LogP contribution is 2.36. The Morgan fingerprint density at radius 3 is 2.45 bits per heavy atom. The first-order valence-corrected chi connectivity index (χ1v) is 15.7. The zero-order valence-corrected chi connectivity index (χ0v) is 24.6. The Labute approximate surface area is 249 Å². The summed E-state index contributed by atoms with van der Waals surface area (Å²) < 4.78 is 28.4. The maximum atomic E-state index is 13.6. The van der Waals surface area contributed by atoms with Gasteiger partial charge in [0.2, 0.25) is 5.95 Å². The predicted octanol–water partition coefficient (Wildman–Crippen LogP) is 6.45. The largest absolute Gasteiger partial charge is 0.351 e. The zero-order chi connectivity index (χ0) is 29.3. The van der Waals surface area contributed by atoms with E-state index in [1.165, 1.54) is 10.2 Å². The summed E-state index contributed by atoms with van der Waals surface area (Å²) in [5.41, 5.74) is 3.31. The van der Waals surface area contributed by atoms with Gasteiger partial charge >= 0.3 is 0 Å². The number of aromatic nitrogens is 3. The highest BCUT2D eigenvalue weighted by molar-refractivity contribution is 7.90. The number of anilines is 1. The van der Waals surface area contributed by atoms with Gasteiger partial charge in [0.25, 0.3) is 15.9 Å². The lowest BCUT2D eigenvalue weighted by Gasteiger charge is -2.30. The number of benzene rings is 3. The highest BCUT2D eigenvalue weighted by Gasteiger charge is 2.26. The summed E-state index contributed by atoms with van der Waals surface area (Å²) in [6, 6.07) is 23.2. The van der Waals surface area contributed by atoms with Crippen LogP contribution >= 0.6 is 11.6 Å². The number of hydrogen-bond donors (Lipinski definition) is 2. The average molecular weight is 600 g/mol. The van der Waals surface area contributed by atoms with E-state index in [-0.39, 0.29) is 22.9 Å². The van der Waals surface area contributed by atoms with E-state index in [9.17, 15) is 13.2 Å². The Morgan fingerprint density at radius 2 is 1.67 bits per heavy atom. The number of halogens is 1. The second-order valence-corrected chi connectivity index (χ2v) is 12.8. The van der Waals surface area contributed by atoms with Crippen molar-refractivity contribution < 1.29 is 13.2 Å². The van der Waals surface area contributed by atoms with E-state index in [2.05, 4.69) is 15.6 Å². The summed E-state index contributed by atoms with van der Waals surface area (Å²) >= 11 is 6.60. The molecule has 2 atom stereocenters. The van der Waals surface area contributed by atoms with Gasteiger partial charge in [-0.05, 0) is 62.9 Å². The van der Waals surface area contributed by atoms with Crippen molar-refractivity contribution in [3.63, 3.8) is 0 Å². The molecule has 214 valence electrons. The maximum absolute atomic E-state index is 13.6. The van der Waals surface area contributed by atoms with E-state index < -0.39 is 10.0 Å². The minimum absolute atomic E-state index is 0.0259. The molecule has 2 N–H and O–H groups in total. The maximum Gasteiger partial charge on any atom is 0.268 e. The third-order valence-electron chi connectivity index (χ3n) is 7.63. The van der Waals surface area contributed by atoms with Crippen molar-refractivity contribution >= 4 is 44.4 Å². The third kappa shape index (κ3) is 5.62. The van der Waals surface area contributed by atoms with Gasteiger partial charge < -0.3 is 10.6 Å². The third-order valence-corrected chi connectivity index (χ3v) is 9.60. The summed E-state index contributed by atoms with van der Waals surface area (Å²) in [7, 11) is -3.86. The van der Waals surface area contributed by atoms with E-state index >= 15 is 0 Å². The van der Waals surface area contributed by atoms with Gasteiger partial charge in [-0.15, -0.1) is 0 Å². The van der Waals surface area contributed by atoms with Gasteiger partial charge in [-0.3, -0.25) is 4.79 Å². The quantitative estimate of drug-likeness (QED) is 0.223. The Balaban J connectivity index is 1.25. The van der Waals surface area contributed by atoms with Crippen LogP contribution in [0.4, 0.5) is 5.95 Å². The van der Waals surface area contributed by atoms with E-state index in [4.69, 9.17) is 16.6 Å². The lowest BCUT2D eigenvalue weighted by molar-refractivity contribution is 0.0926. The van der Waals surface area contributed by atoms with Crippen LogP contribution in [0.15, 0.2) is 96.2 Å². The van der Waals surface area contributed by atoms with Crippen LogP contribution in [-0.2, 0) is 10.0 Å². The number of para-hydroxylation sites is 1. The number of rotatable bonds is 7. The SMILES string of the molecule is Cc1ccc(C(=O)N[C@H]2CCC[C@@H](Nc3ncc(Cl)c(-c4cn(S(=O)(=O)c5ccccc5)c5ccccc45)n3)C2)cc1. The van der Waals surface area contributed by atoms with Gasteiger partial charge in [-0.1, -0.05) is 65.7 Å². The van der Waals surface area contributed by atoms with Crippen molar-refractivity contribution in [3.05, 3.63) is 107 Å². The monoisotopic (exact) mass is 599 g/mol. The number of nitrogens with one attached hydrogen (secondary N) is 2. The van der Waals surface area contributed by atoms with Gasteiger partial charge in [-0.25, -0.2) is 22.4 Å². The number of amides is 1. The minimum atomic E-state index is -3.86. The number of nitrogens with zero attached hydrogens (tertiary/aromatic N) is 3. The van der Waals surface area contributed by atoms with Crippen molar-refractivity contribution in [2.45, 2.75) is 49.6 Å². The fraction of sp³-hybridized carbons (Fsp3) is 0.219. The molecule has 0 saturated heterocycles. The minimum Gasteiger partial charge on any atom is -0.351 e. The molecule has 1 aliphatic carbocycles. The summed E-state index contributed by atoms with van der Waals surface area (Å²) in [4.78, 5) is 22.1. The lowest BCUT2D eigenvalue weighted by atomic mass is 9.91. The molecule has 0 radical (unpaired) electrons. The first-order chi connectivity index (χ1) is 20.3. The molecule has 1 aliphatic rings. The molecule has 2 aromatic heterocycles. The molecule has 5 aromatic rings. The fourth-order valence-electron chi connectivity index (χ4n) is 5.48. The van der Waals surface area contributed by atoms with Gasteiger partial charge in [0.05, 0.1) is 27.3 Å². The molecule has 1 fully saturated rings. The first kappa shape index (κ1) is 27.9. The van der Waals surface area contributed by atoms with Crippen LogP contribution < -0.4 is 10.6 Å². The van der Waals surface area contributed by atoms with E-state index in [1.54, 1.807) is 48.7 Å². The first-order valence-electron chi connectivity index (χ1n) is 13.9. The molecule has 0 unspecified atom stereocenters. The zero-order valence-electron chi connectivity index (χ0n) is 23.0. The summed E-state index contributed by atoms with van der Waals surface area (Å²) in [5, 5.41) is 7.61. The van der Waals surface area contributed by atoms with Crippen LogP contribution in [0.5, 0.6) is 0 Å². The highest BCUT2D eigenvalue weighted by atomic mass is 35.5. The van der Waals surface area contributed by atoms with Crippen molar-refractivity contribution in [3.8, 4) is 11.3 Å². The fourth-order valence-corrected chi connectivity index (χ4v) is 7.06. The Hall–Kier alpha value is -4.21. The standard InChI is InChI=1S/C32H30ClN5O3S/c1-21-14-16-22(17-15-21)31(39)35-23-8-7-9-24(18-23)36-32-34-19-28(33)30(37-32)27-20-38(29-13-6-5-12-26(27)29)42(40,41)25-10-3-2-4-11-25/h2-6,10-17,19-20,23-24H,7-9,18H2,1H3,(H,35,39)(H,34,36,37)/t23-,24+/m0/s1. The van der Waals surface area contributed by atoms with Crippen LogP contribution in [0.1, 0.15) is 41.6 Å². The Bertz CT molecular complexity index is 1860. The smallest absolute Gasteiger partial charge is 0.268 e. The number of hydrogen-bond acceptors (Lipinski definition) is 6. The average Bonchev–Trinajstić information content (AvgIpc) is 3.39. The number of fused-ring (bicyclic) bond motifs is 1. The van der Waals surface area contributed by atoms with Crippen LogP contribution in [0.3, 0.4) is 0 Å². The van der Waals surface area contributed by atoms with Crippen LogP contribution in [0.25, 0.3) is 22.2 Å². The molecule has 1 saturated carbocycles. The predicted molar refractivity (Wildman–Crippen MR) is 165 cm³/mol. The van der Waals surface area contributed by atoms with Gasteiger partial charge in [0.1, 0.15) is 0 Å². The molecule has 6 rings (SSSR count). The van der Waals surface area contributed by atoms with Crippen molar-refractivity contribution in [1.29, 1.82) is 0 Å². The molecule has 3 aromatic carbocycles. The number of aryl methyl sites for hydroxylation is 1. The molecule has 8 nitrogen and oxygen atoms in total. The molecule has 0 bridgehead atoms. The molecule has 1 amide bonds. The molecule has 2 heterocycles. The second kappa shape index (κ2) is 11.6. The van der Waals surface area contributed by atoms with E-state index in [0.29, 0.717) is 38.7 Å². The Kier molecular flexibility index (Phi) is 7.70. The molecular weight excluding hydrogens is 570 g/mol. The molecule has 42 heavy (non-hydrogen) atoms. The number of carbonyl (C=O) groups excluding carboxylic acids is 1. The van der Waals surface area contributed by atoms with Crippen molar-refractivity contribution in [2.24, 2.45) is 0 Å². The summed E-state index contributed by atoms with van der Waals surface area (Å²) in [6.07, 6.45) is 6.59. The lowest BCUT2D eigenvalue weighted by Crippen LogP contribution is -2.42. The normalized spacial score (nSPS) is 17.2. The van der Waals surface area contributed by atoms with Crippen molar-refractivity contribution in [2.75, 3.05) is 5.32 Å². The number of carbonyl (C=O) groups is 1. The summed E-state index contributed by atoms with van der Waals surface area (Å²) in [5.74, 6) is 0.320. The molecule has 0 spiro atoms. The second-order valence-electron chi connectivity index (χ2n) is 10.6. The van der Waals surface area contributed by atoms with Crippen LogP contribution in [0, 0.1) is 6.92 Å². The van der Waals surface area contributed by atoms with E-state index in [1.807, 2.05) is 43.3 Å². The molecular formula is C32H30ClN5O3S. The van der Waals surface area contributed by atoms with Crippen LogP contribution in [-0.4, -0.2) is 40.3 Å². The van der Waals surface area contributed by atoms with Gasteiger partial charge in [0.15, 0.2) is 0 Å². The van der Waals surface area contributed by atoms with E-state index in [0.717, 1.165) is 31.2 Å². The Morgan fingerprint density at radius 1 is 0.952 bits per heavy atom. The van der Waals surface area contributed by atoms with Gasteiger partial charge in [-0.2, -0.15) is 0 Å². The molecule has 10 heteroatoms. The molecule has 0 aliphatic heterocycles. The van der Waals surface area contributed by atoms with Crippen LogP contribution in [0.2, 0.25) is 5.02 Å². The summed E-state index contributed by atoms with van der Waals surface area (Å²) in [6.45, 7) is 1.99.